The van der Waals surface area contributed by atoms with Gasteiger partial charge in [0.05, 0.1) is 0 Å². The molecule has 0 spiro atoms. The first-order valence-corrected chi connectivity index (χ1v) is 7.16. The predicted octanol–water partition coefficient (Wildman–Crippen LogP) is 2.41. The summed E-state index contributed by atoms with van der Waals surface area (Å²) < 4.78 is 1.97. The number of rotatable bonds is 6. The Morgan fingerprint density at radius 3 is 2.83 bits per heavy atom. The van der Waals surface area contributed by atoms with E-state index in [1.165, 1.54) is 4.88 Å². The smallest absolute Gasteiger partial charge is 0.133 e. The summed E-state index contributed by atoms with van der Waals surface area (Å²) in [6.45, 7) is 5.42. The van der Waals surface area contributed by atoms with E-state index >= 15 is 0 Å². The minimum Gasteiger partial charge on any atom is -0.321 e. The van der Waals surface area contributed by atoms with Gasteiger partial charge in [0.15, 0.2) is 0 Å². The molecule has 2 aromatic rings. The average molecular weight is 264 g/mol. The summed E-state index contributed by atoms with van der Waals surface area (Å²) >= 11 is 1.81. The lowest BCUT2D eigenvalue weighted by Crippen LogP contribution is -2.27. The number of nitrogens with one attached hydrogen (secondary N) is 1. The van der Waals surface area contributed by atoms with Crippen LogP contribution in [0.3, 0.4) is 0 Å². The van der Waals surface area contributed by atoms with E-state index in [-0.39, 0.29) is 0 Å². The van der Waals surface area contributed by atoms with Gasteiger partial charge in [-0.3, -0.25) is 0 Å². The Bertz CT molecular complexity index is 461. The predicted molar refractivity (Wildman–Crippen MR) is 74.6 cm³/mol. The van der Waals surface area contributed by atoms with Crippen LogP contribution >= 0.6 is 11.3 Å². The number of hydrogen-bond acceptors (Lipinski definition) is 4. The van der Waals surface area contributed by atoms with E-state index in [9.17, 15) is 0 Å². The summed E-state index contributed by atoms with van der Waals surface area (Å²) in [7, 11) is 1.98. The minimum atomic E-state index is 0.429. The van der Waals surface area contributed by atoms with Crippen molar-refractivity contribution in [1.29, 1.82) is 0 Å². The van der Waals surface area contributed by atoms with E-state index < -0.39 is 0 Å². The van der Waals surface area contributed by atoms with Crippen molar-refractivity contribution in [3.63, 3.8) is 0 Å². The summed E-state index contributed by atoms with van der Waals surface area (Å²) in [6, 6.07) is 4.74. The van der Waals surface area contributed by atoms with Crippen molar-refractivity contribution in [1.82, 2.24) is 20.1 Å². The third-order valence-corrected chi connectivity index (χ3v) is 3.99. The van der Waals surface area contributed by atoms with Crippen molar-refractivity contribution >= 4 is 11.3 Å². The van der Waals surface area contributed by atoms with Gasteiger partial charge in [-0.25, -0.2) is 0 Å². The molecular formula is C13H20N4S. The van der Waals surface area contributed by atoms with E-state index in [0.717, 1.165) is 18.8 Å². The molecule has 0 radical (unpaired) electrons. The Labute approximate surface area is 112 Å². The monoisotopic (exact) mass is 264 g/mol. The van der Waals surface area contributed by atoms with Gasteiger partial charge in [0.1, 0.15) is 12.2 Å². The Hall–Kier alpha value is -1.20. The number of hydrogen-bond donors (Lipinski definition) is 1. The highest BCUT2D eigenvalue weighted by Gasteiger charge is 2.16. The number of aromatic nitrogens is 3. The Kier molecular flexibility index (Phi) is 4.49. The van der Waals surface area contributed by atoms with E-state index in [4.69, 9.17) is 0 Å². The molecule has 0 fully saturated rings. The molecule has 1 unspecified atom stereocenters. The van der Waals surface area contributed by atoms with Gasteiger partial charge in [0.2, 0.25) is 0 Å². The highest BCUT2D eigenvalue weighted by Crippen LogP contribution is 2.25. The quantitative estimate of drug-likeness (QED) is 0.871. The van der Waals surface area contributed by atoms with Gasteiger partial charge in [0.25, 0.3) is 0 Å². The van der Waals surface area contributed by atoms with Gasteiger partial charge in [0, 0.05) is 30.9 Å². The second-order valence-corrected chi connectivity index (χ2v) is 5.78. The normalized spacial score (nSPS) is 13.1. The molecule has 2 heterocycles. The fourth-order valence-corrected chi connectivity index (χ4v) is 2.98. The number of thiophene rings is 1. The minimum absolute atomic E-state index is 0.429. The van der Waals surface area contributed by atoms with E-state index in [1.54, 1.807) is 6.33 Å². The average Bonchev–Trinajstić information content (AvgIpc) is 2.96. The first-order chi connectivity index (χ1) is 8.68. The van der Waals surface area contributed by atoms with Crippen LogP contribution in [0.15, 0.2) is 23.8 Å². The molecule has 1 N–H and O–H groups in total. The van der Waals surface area contributed by atoms with Gasteiger partial charge in [-0.2, -0.15) is 0 Å². The highest BCUT2D eigenvalue weighted by atomic mass is 32.1. The molecule has 2 aromatic heterocycles. The molecule has 0 bridgehead atoms. The first-order valence-electron chi connectivity index (χ1n) is 6.28. The van der Waals surface area contributed by atoms with Crippen LogP contribution in [-0.4, -0.2) is 21.3 Å². The standard InChI is InChI=1S/C13H20N4S/c1-10(2)13(11-5-4-8-18-11)14-7-6-12-16-15-9-17(12)3/h4-5,8-10,13-14H,6-7H2,1-3H3. The molecule has 5 heteroatoms. The fraction of sp³-hybridized carbons (Fsp3) is 0.538. The maximum atomic E-state index is 4.10. The molecule has 0 aliphatic rings. The molecular weight excluding hydrogens is 244 g/mol. The lowest BCUT2D eigenvalue weighted by atomic mass is 10.0. The molecule has 0 aromatic carbocycles. The zero-order chi connectivity index (χ0) is 13.0. The van der Waals surface area contributed by atoms with Crippen LogP contribution in [0.1, 0.15) is 30.6 Å². The molecule has 0 aliphatic carbocycles. The summed E-state index contributed by atoms with van der Waals surface area (Å²) in [5.41, 5.74) is 0. The number of nitrogens with zero attached hydrogens (tertiary/aromatic N) is 3. The Morgan fingerprint density at radius 1 is 1.44 bits per heavy atom. The van der Waals surface area contributed by atoms with Crippen molar-refractivity contribution < 1.29 is 0 Å². The summed E-state index contributed by atoms with van der Waals surface area (Å²) in [5, 5.41) is 13.7. The van der Waals surface area contributed by atoms with Crippen LogP contribution in [0.5, 0.6) is 0 Å². The molecule has 1 atom stereocenters. The van der Waals surface area contributed by atoms with Crippen LogP contribution in [0.4, 0.5) is 0 Å². The maximum Gasteiger partial charge on any atom is 0.133 e. The van der Waals surface area contributed by atoms with Crippen LogP contribution in [0, 0.1) is 5.92 Å². The lowest BCUT2D eigenvalue weighted by Gasteiger charge is -2.21. The zero-order valence-electron chi connectivity index (χ0n) is 11.1. The van der Waals surface area contributed by atoms with Crippen LogP contribution in [-0.2, 0) is 13.5 Å². The van der Waals surface area contributed by atoms with E-state index in [0.29, 0.717) is 12.0 Å². The third-order valence-electron chi connectivity index (χ3n) is 3.03. The van der Waals surface area contributed by atoms with Crippen LogP contribution in [0.25, 0.3) is 0 Å². The van der Waals surface area contributed by atoms with Crippen LogP contribution < -0.4 is 5.32 Å². The van der Waals surface area contributed by atoms with Crippen LogP contribution in [0.2, 0.25) is 0 Å². The molecule has 18 heavy (non-hydrogen) atoms. The van der Waals surface area contributed by atoms with Crippen molar-refractivity contribution in [3.05, 3.63) is 34.5 Å². The van der Waals surface area contributed by atoms with Crippen molar-refractivity contribution in [2.45, 2.75) is 26.3 Å². The van der Waals surface area contributed by atoms with Gasteiger partial charge in [-0.05, 0) is 17.4 Å². The SMILES string of the molecule is CC(C)C(NCCc1nncn1C)c1cccs1. The van der Waals surface area contributed by atoms with Gasteiger partial charge in [-0.1, -0.05) is 19.9 Å². The topological polar surface area (TPSA) is 42.7 Å². The Balaban J connectivity index is 1.89. The molecule has 0 saturated carbocycles. The zero-order valence-corrected chi connectivity index (χ0v) is 11.9. The maximum absolute atomic E-state index is 4.10. The molecule has 0 aliphatic heterocycles. The lowest BCUT2D eigenvalue weighted by molar-refractivity contribution is 0.418. The second kappa shape index (κ2) is 6.11. The van der Waals surface area contributed by atoms with Gasteiger partial charge in [-0.15, -0.1) is 21.5 Å². The first kappa shape index (κ1) is 13.2. The summed E-state index contributed by atoms with van der Waals surface area (Å²) in [4.78, 5) is 1.41. The number of aryl methyl sites for hydroxylation is 1. The van der Waals surface area contributed by atoms with E-state index in [2.05, 4.69) is 46.9 Å². The fourth-order valence-electron chi connectivity index (χ4n) is 2.01. The summed E-state index contributed by atoms with van der Waals surface area (Å²) in [5.74, 6) is 1.61. The molecule has 0 amide bonds. The third kappa shape index (κ3) is 3.17. The molecule has 98 valence electrons. The molecule has 0 saturated heterocycles. The van der Waals surface area contributed by atoms with Crippen molar-refractivity contribution in [2.24, 2.45) is 13.0 Å². The van der Waals surface area contributed by atoms with Crippen molar-refractivity contribution in [3.8, 4) is 0 Å². The highest BCUT2D eigenvalue weighted by molar-refractivity contribution is 7.10. The largest absolute Gasteiger partial charge is 0.321 e. The van der Waals surface area contributed by atoms with Gasteiger partial charge < -0.3 is 9.88 Å². The Morgan fingerprint density at radius 2 is 2.28 bits per heavy atom. The molecule has 4 nitrogen and oxygen atoms in total. The van der Waals surface area contributed by atoms with E-state index in [1.807, 2.05) is 23.0 Å². The summed E-state index contributed by atoms with van der Waals surface area (Å²) in [6.07, 6.45) is 2.65. The van der Waals surface area contributed by atoms with Crippen molar-refractivity contribution in [2.75, 3.05) is 6.54 Å². The van der Waals surface area contributed by atoms with Gasteiger partial charge >= 0.3 is 0 Å². The second-order valence-electron chi connectivity index (χ2n) is 4.80. The molecule has 2 rings (SSSR count).